The maximum atomic E-state index is 11.9. The molecule has 0 atom stereocenters. The van der Waals surface area contributed by atoms with Crippen molar-refractivity contribution in [2.24, 2.45) is 0 Å². The molecule has 1 aromatic rings. The van der Waals surface area contributed by atoms with Crippen molar-refractivity contribution in [2.45, 2.75) is 19.8 Å². The van der Waals surface area contributed by atoms with Crippen LogP contribution in [0, 0.1) is 0 Å². The van der Waals surface area contributed by atoms with Gasteiger partial charge in [-0.25, -0.2) is 12.7 Å². The molecule has 6 nitrogen and oxygen atoms in total. The molecule has 0 saturated carbocycles. The average Bonchev–Trinajstić information content (AvgIpc) is 2.69. The monoisotopic (exact) mass is 330 g/mol. The van der Waals surface area contributed by atoms with E-state index in [4.69, 9.17) is 11.6 Å². The molecule has 0 radical (unpaired) electrons. The van der Waals surface area contributed by atoms with Crippen LogP contribution in [0.5, 0.6) is 0 Å². The number of hydrogen-bond donors (Lipinski definition) is 1. The van der Waals surface area contributed by atoms with E-state index < -0.39 is 15.9 Å². The van der Waals surface area contributed by atoms with Crippen molar-refractivity contribution in [3.8, 4) is 0 Å². The molecule has 8 heteroatoms. The summed E-state index contributed by atoms with van der Waals surface area (Å²) in [5, 5.41) is 2.79. The summed E-state index contributed by atoms with van der Waals surface area (Å²) in [6, 6.07) is 4.15. The fourth-order valence-corrected chi connectivity index (χ4v) is 3.73. The lowest BCUT2D eigenvalue weighted by molar-refractivity contribution is -0.116. The summed E-state index contributed by atoms with van der Waals surface area (Å²) >= 11 is 6.03. The third-order valence-corrected chi connectivity index (χ3v) is 5.05. The lowest BCUT2D eigenvalue weighted by Gasteiger charge is -2.16. The zero-order valence-electron chi connectivity index (χ0n) is 11.4. The highest BCUT2D eigenvalue weighted by Gasteiger charge is 2.36. The van der Waals surface area contributed by atoms with Gasteiger partial charge in [0.1, 0.15) is 0 Å². The number of rotatable bonds is 4. The predicted molar refractivity (Wildman–Crippen MR) is 80.0 cm³/mol. The molecule has 0 bridgehead atoms. The van der Waals surface area contributed by atoms with E-state index in [0.717, 1.165) is 10.7 Å². The molecule has 1 saturated heterocycles. The largest absolute Gasteiger partial charge is 0.352 e. The highest BCUT2D eigenvalue weighted by molar-refractivity contribution is 7.94. The minimum Gasteiger partial charge on any atom is -0.352 e. The first-order chi connectivity index (χ1) is 9.86. The Kier molecular flexibility index (Phi) is 4.53. The number of sulfonamides is 1. The maximum absolute atomic E-state index is 11.9. The van der Waals surface area contributed by atoms with E-state index in [9.17, 15) is 18.0 Å². The van der Waals surface area contributed by atoms with Crippen molar-refractivity contribution >= 4 is 39.1 Å². The fourth-order valence-electron chi connectivity index (χ4n) is 2.02. The molecule has 0 unspecified atom stereocenters. The summed E-state index contributed by atoms with van der Waals surface area (Å²) in [5.41, 5.74) is 0.410. The van der Waals surface area contributed by atoms with Crippen LogP contribution in [0.15, 0.2) is 18.2 Å². The highest BCUT2D eigenvalue weighted by Crippen LogP contribution is 2.29. The Morgan fingerprint density at radius 2 is 2.14 bits per heavy atom. The SMILES string of the molecule is CCCNC(=O)c1ccc(N2C(=O)CCS2(=O)=O)cc1Cl. The number of anilines is 1. The summed E-state index contributed by atoms with van der Waals surface area (Å²) in [7, 11) is -3.63. The van der Waals surface area contributed by atoms with Gasteiger partial charge in [-0.15, -0.1) is 0 Å². The van der Waals surface area contributed by atoms with Crippen LogP contribution in [-0.2, 0) is 14.8 Å². The van der Waals surface area contributed by atoms with Crippen molar-refractivity contribution in [3.05, 3.63) is 28.8 Å². The standard InChI is InChI=1S/C13H15ClN2O4S/c1-2-6-15-13(18)10-4-3-9(8-11(10)14)16-12(17)5-7-21(16,19)20/h3-4,8H,2,5-7H2,1H3,(H,15,18). The number of nitrogens with one attached hydrogen (secondary N) is 1. The topological polar surface area (TPSA) is 83.6 Å². The van der Waals surface area contributed by atoms with Crippen molar-refractivity contribution in [1.29, 1.82) is 0 Å². The van der Waals surface area contributed by atoms with Crippen LogP contribution in [0.3, 0.4) is 0 Å². The van der Waals surface area contributed by atoms with Gasteiger partial charge in [0.15, 0.2) is 0 Å². The van der Waals surface area contributed by atoms with Crippen molar-refractivity contribution in [1.82, 2.24) is 5.32 Å². The van der Waals surface area contributed by atoms with Gasteiger partial charge >= 0.3 is 0 Å². The summed E-state index contributed by atoms with van der Waals surface area (Å²) in [5.74, 6) is -1.03. The minimum atomic E-state index is -3.63. The van der Waals surface area contributed by atoms with Gasteiger partial charge in [0.25, 0.3) is 5.91 Å². The molecule has 0 spiro atoms. The van der Waals surface area contributed by atoms with Gasteiger partial charge in [0.2, 0.25) is 15.9 Å². The van der Waals surface area contributed by atoms with Gasteiger partial charge in [-0.2, -0.15) is 0 Å². The van der Waals surface area contributed by atoms with Crippen LogP contribution in [0.4, 0.5) is 5.69 Å². The van der Waals surface area contributed by atoms with Gasteiger partial charge in [-0.3, -0.25) is 9.59 Å². The lowest BCUT2D eigenvalue weighted by Crippen LogP contribution is -2.29. The summed E-state index contributed by atoms with van der Waals surface area (Å²) in [6.45, 7) is 2.45. The third kappa shape index (κ3) is 3.19. The number of hydrogen-bond acceptors (Lipinski definition) is 4. The molecular formula is C13H15ClN2O4S. The molecule has 1 aromatic carbocycles. The van der Waals surface area contributed by atoms with E-state index in [1.165, 1.54) is 18.2 Å². The van der Waals surface area contributed by atoms with E-state index >= 15 is 0 Å². The predicted octanol–water partition coefficient (Wildman–Crippen LogP) is 1.55. The highest BCUT2D eigenvalue weighted by atomic mass is 35.5. The van der Waals surface area contributed by atoms with Crippen LogP contribution in [-0.4, -0.2) is 32.5 Å². The molecule has 0 aliphatic carbocycles. The molecule has 1 fully saturated rings. The molecule has 1 N–H and O–H groups in total. The quantitative estimate of drug-likeness (QED) is 0.907. The van der Waals surface area contributed by atoms with E-state index in [1.807, 2.05) is 6.92 Å². The average molecular weight is 331 g/mol. The lowest BCUT2D eigenvalue weighted by atomic mass is 10.2. The third-order valence-electron chi connectivity index (χ3n) is 3.05. The van der Waals surface area contributed by atoms with Gasteiger partial charge < -0.3 is 5.32 Å². The first kappa shape index (κ1) is 15.8. The number of carbonyl (C=O) groups excluding carboxylic acids is 2. The second-order valence-electron chi connectivity index (χ2n) is 4.64. The molecule has 1 heterocycles. The number of nitrogens with zero attached hydrogens (tertiary/aromatic N) is 1. The van der Waals surface area contributed by atoms with Crippen LogP contribution >= 0.6 is 11.6 Å². The minimum absolute atomic E-state index is 0.0430. The van der Waals surface area contributed by atoms with Crippen molar-refractivity contribution < 1.29 is 18.0 Å². The second kappa shape index (κ2) is 6.03. The zero-order chi connectivity index (χ0) is 15.6. The van der Waals surface area contributed by atoms with Gasteiger partial charge in [-0.1, -0.05) is 18.5 Å². The molecule has 0 aromatic heterocycles. The van der Waals surface area contributed by atoms with Crippen LogP contribution < -0.4 is 9.62 Å². The van der Waals surface area contributed by atoms with Crippen molar-refractivity contribution in [2.75, 3.05) is 16.6 Å². The smallest absolute Gasteiger partial charge is 0.252 e. The molecule has 2 rings (SSSR count). The molecule has 114 valence electrons. The second-order valence-corrected chi connectivity index (χ2v) is 6.99. The molecule has 21 heavy (non-hydrogen) atoms. The Morgan fingerprint density at radius 1 is 1.43 bits per heavy atom. The number of amides is 2. The van der Waals surface area contributed by atoms with Gasteiger partial charge in [0, 0.05) is 13.0 Å². The fraction of sp³-hybridized carbons (Fsp3) is 0.385. The van der Waals surface area contributed by atoms with E-state index in [1.54, 1.807) is 0 Å². The zero-order valence-corrected chi connectivity index (χ0v) is 13.0. The molecule has 2 amide bonds. The van der Waals surface area contributed by atoms with Gasteiger partial charge in [0.05, 0.1) is 22.0 Å². The van der Waals surface area contributed by atoms with Crippen LogP contribution in [0.25, 0.3) is 0 Å². The van der Waals surface area contributed by atoms with Crippen molar-refractivity contribution in [3.63, 3.8) is 0 Å². The molecule has 1 aliphatic rings. The molecule has 1 aliphatic heterocycles. The maximum Gasteiger partial charge on any atom is 0.252 e. The molecular weight excluding hydrogens is 316 g/mol. The summed E-state index contributed by atoms with van der Waals surface area (Å²) in [6.07, 6.45) is 0.751. The Morgan fingerprint density at radius 3 is 2.67 bits per heavy atom. The van der Waals surface area contributed by atoms with E-state index in [2.05, 4.69) is 5.32 Å². The number of halogens is 1. The summed E-state index contributed by atoms with van der Waals surface area (Å²) < 4.78 is 24.4. The Bertz CT molecular complexity index is 687. The Labute approximate surface area is 128 Å². The summed E-state index contributed by atoms with van der Waals surface area (Å²) in [4.78, 5) is 23.5. The van der Waals surface area contributed by atoms with Crippen LogP contribution in [0.1, 0.15) is 30.1 Å². The first-order valence-corrected chi connectivity index (χ1v) is 8.49. The van der Waals surface area contributed by atoms with Gasteiger partial charge in [-0.05, 0) is 24.6 Å². The Hall–Kier alpha value is -1.60. The van der Waals surface area contributed by atoms with E-state index in [-0.39, 0.29) is 34.4 Å². The van der Waals surface area contributed by atoms with E-state index in [0.29, 0.717) is 6.54 Å². The first-order valence-electron chi connectivity index (χ1n) is 6.50. The van der Waals surface area contributed by atoms with Crippen LogP contribution in [0.2, 0.25) is 5.02 Å². The number of carbonyl (C=O) groups is 2. The number of benzene rings is 1. The Balaban J connectivity index is 2.31. The normalized spacial score (nSPS) is 17.0.